The van der Waals surface area contributed by atoms with Crippen LogP contribution < -0.4 is 4.74 Å². The number of carbonyl (C=O) groups excluding carboxylic acids is 2. The van der Waals surface area contributed by atoms with Gasteiger partial charge in [-0.3, -0.25) is 19.4 Å². The molecule has 0 spiro atoms. The number of hydrogen-bond acceptors (Lipinski definition) is 4. The van der Waals surface area contributed by atoms with Crippen LogP contribution in [0.1, 0.15) is 5.56 Å². The highest BCUT2D eigenvalue weighted by Crippen LogP contribution is 2.35. The van der Waals surface area contributed by atoms with Crippen LogP contribution >= 0.6 is 39.7 Å². The summed E-state index contributed by atoms with van der Waals surface area (Å²) in [5, 5.41) is 0.540. The fourth-order valence-corrected chi connectivity index (χ4v) is 3.22. The fourth-order valence-electron chi connectivity index (χ4n) is 2.00. The number of methoxy groups -OCH3 is 1. The minimum atomic E-state index is -0.448. The van der Waals surface area contributed by atoms with Crippen LogP contribution in [-0.4, -0.2) is 47.9 Å². The Balaban J connectivity index is 2.50. The van der Waals surface area contributed by atoms with Gasteiger partial charge in [0.1, 0.15) is 5.57 Å². The van der Waals surface area contributed by atoms with E-state index in [-0.39, 0.29) is 10.7 Å². The van der Waals surface area contributed by atoms with Crippen molar-refractivity contribution in [3.8, 4) is 5.75 Å². The summed E-state index contributed by atoms with van der Waals surface area (Å²) < 4.78 is 5.77. The van der Waals surface area contributed by atoms with Crippen molar-refractivity contribution in [1.82, 2.24) is 9.80 Å². The Morgan fingerprint density at radius 2 is 1.77 bits per heavy atom. The lowest BCUT2D eigenvalue weighted by atomic mass is 10.1. The molecule has 0 aromatic heterocycles. The van der Waals surface area contributed by atoms with Crippen LogP contribution in [0.4, 0.5) is 0 Å². The van der Waals surface area contributed by atoms with E-state index in [1.165, 1.54) is 37.1 Å². The summed E-state index contributed by atoms with van der Waals surface area (Å²) in [6, 6.07) is 3.33. The van der Waals surface area contributed by atoms with Crippen molar-refractivity contribution < 1.29 is 14.3 Å². The molecule has 1 aliphatic rings. The number of rotatable bonds is 2. The maximum Gasteiger partial charge on any atom is 0.265 e. The van der Waals surface area contributed by atoms with Gasteiger partial charge in [-0.1, -0.05) is 11.6 Å². The number of ether oxygens (including phenoxy) is 1. The van der Waals surface area contributed by atoms with Gasteiger partial charge in [0.05, 0.1) is 16.6 Å². The van der Waals surface area contributed by atoms with Gasteiger partial charge in [0.25, 0.3) is 11.8 Å². The molecule has 0 N–H and O–H groups in total. The lowest BCUT2D eigenvalue weighted by molar-refractivity contribution is -0.132. The highest BCUT2D eigenvalue weighted by Gasteiger charge is 2.35. The van der Waals surface area contributed by atoms with E-state index < -0.39 is 11.8 Å². The third kappa shape index (κ3) is 2.88. The van der Waals surface area contributed by atoms with Crippen molar-refractivity contribution in [1.29, 1.82) is 0 Å². The van der Waals surface area contributed by atoms with Gasteiger partial charge in [0, 0.05) is 14.1 Å². The van der Waals surface area contributed by atoms with Crippen molar-refractivity contribution in [2.45, 2.75) is 0 Å². The first-order valence-corrected chi connectivity index (χ1v) is 7.70. The number of likely N-dealkylation sites (N-methyl/N-ethyl adjacent to an activating group) is 2. The fraction of sp³-hybridized carbons (Fsp3) is 0.214. The monoisotopic (exact) mass is 402 g/mol. The Kier molecular flexibility index (Phi) is 4.89. The highest BCUT2D eigenvalue weighted by molar-refractivity contribution is 9.10. The lowest BCUT2D eigenvalue weighted by Gasteiger charge is -2.31. The molecule has 0 radical (unpaired) electrons. The molecule has 0 saturated carbocycles. The summed E-state index contributed by atoms with van der Waals surface area (Å²) in [7, 11) is 4.56. The van der Waals surface area contributed by atoms with Gasteiger partial charge in [0.2, 0.25) is 0 Å². The van der Waals surface area contributed by atoms with E-state index in [4.69, 9.17) is 28.6 Å². The standard InChI is InChI=1S/C14H12BrClN2O3S/c1-17-12(19)8(13(20)18(2)14(17)22)4-7-5-9(15)11(21-3)10(16)6-7/h4-6H,1-3H3. The summed E-state index contributed by atoms with van der Waals surface area (Å²) in [6.45, 7) is 0. The van der Waals surface area contributed by atoms with E-state index in [9.17, 15) is 9.59 Å². The average molecular weight is 404 g/mol. The van der Waals surface area contributed by atoms with Crippen LogP contribution in [0.15, 0.2) is 22.2 Å². The average Bonchev–Trinajstić information content (AvgIpc) is 2.47. The molecule has 22 heavy (non-hydrogen) atoms. The van der Waals surface area contributed by atoms with Gasteiger partial charge in [-0.2, -0.15) is 0 Å². The van der Waals surface area contributed by atoms with Crippen molar-refractivity contribution in [2.75, 3.05) is 21.2 Å². The molecule has 1 fully saturated rings. The molecule has 0 bridgehead atoms. The molecular weight excluding hydrogens is 392 g/mol. The Labute approximate surface area is 146 Å². The topological polar surface area (TPSA) is 49.9 Å². The molecule has 1 aromatic rings. The summed E-state index contributed by atoms with van der Waals surface area (Å²) in [4.78, 5) is 27.0. The second-order valence-electron chi connectivity index (χ2n) is 4.59. The predicted molar refractivity (Wildman–Crippen MR) is 91.8 cm³/mol. The molecule has 2 amide bonds. The van der Waals surface area contributed by atoms with Crippen LogP contribution in [0, 0.1) is 0 Å². The number of benzene rings is 1. The zero-order valence-electron chi connectivity index (χ0n) is 12.0. The van der Waals surface area contributed by atoms with Crippen LogP contribution in [0.25, 0.3) is 6.08 Å². The summed E-state index contributed by atoms with van der Waals surface area (Å²) in [6.07, 6.45) is 1.48. The molecule has 1 aliphatic heterocycles. The quantitative estimate of drug-likeness (QED) is 0.433. The third-order valence-corrected chi connectivity index (χ3v) is 4.60. The van der Waals surface area contributed by atoms with Crippen LogP contribution in [0.5, 0.6) is 5.75 Å². The number of thiocarbonyl (C=S) groups is 1. The van der Waals surface area contributed by atoms with E-state index in [2.05, 4.69) is 15.9 Å². The van der Waals surface area contributed by atoms with Crippen LogP contribution in [0.3, 0.4) is 0 Å². The summed E-state index contributed by atoms with van der Waals surface area (Å²) >= 11 is 14.5. The Morgan fingerprint density at radius 1 is 1.23 bits per heavy atom. The van der Waals surface area contributed by atoms with Crippen LogP contribution in [-0.2, 0) is 9.59 Å². The van der Waals surface area contributed by atoms with Crippen molar-refractivity contribution in [3.63, 3.8) is 0 Å². The smallest absolute Gasteiger partial charge is 0.265 e. The molecule has 2 rings (SSSR count). The van der Waals surface area contributed by atoms with Gasteiger partial charge < -0.3 is 4.74 Å². The molecule has 1 saturated heterocycles. The minimum Gasteiger partial charge on any atom is -0.494 e. The van der Waals surface area contributed by atoms with Crippen molar-refractivity contribution >= 4 is 62.8 Å². The predicted octanol–water partition coefficient (Wildman–Crippen LogP) is 2.71. The van der Waals surface area contributed by atoms with E-state index in [1.54, 1.807) is 12.1 Å². The summed E-state index contributed by atoms with van der Waals surface area (Å²) in [5.74, 6) is -0.409. The van der Waals surface area contributed by atoms with Gasteiger partial charge in [-0.25, -0.2) is 0 Å². The van der Waals surface area contributed by atoms with E-state index >= 15 is 0 Å². The lowest BCUT2D eigenvalue weighted by Crippen LogP contribution is -2.52. The maximum atomic E-state index is 12.2. The normalized spacial score (nSPS) is 15.5. The molecule has 0 aliphatic carbocycles. The number of nitrogens with zero attached hydrogens (tertiary/aromatic N) is 2. The zero-order chi connectivity index (χ0) is 16.6. The zero-order valence-corrected chi connectivity index (χ0v) is 15.2. The minimum absolute atomic E-state index is 0.0201. The number of hydrogen-bond donors (Lipinski definition) is 0. The van der Waals surface area contributed by atoms with Gasteiger partial charge in [-0.05, 0) is 51.9 Å². The number of halogens is 2. The second-order valence-corrected chi connectivity index (χ2v) is 6.21. The first kappa shape index (κ1) is 16.9. The Bertz CT molecular complexity index is 671. The van der Waals surface area contributed by atoms with Crippen molar-refractivity contribution in [2.24, 2.45) is 0 Å². The maximum absolute atomic E-state index is 12.2. The van der Waals surface area contributed by atoms with Gasteiger partial charge in [0.15, 0.2) is 10.9 Å². The third-order valence-electron chi connectivity index (χ3n) is 3.18. The van der Waals surface area contributed by atoms with Crippen LogP contribution in [0.2, 0.25) is 5.02 Å². The number of carbonyl (C=O) groups is 2. The van der Waals surface area contributed by atoms with Crippen molar-refractivity contribution in [3.05, 3.63) is 32.8 Å². The molecule has 1 heterocycles. The first-order valence-electron chi connectivity index (χ1n) is 6.12. The molecule has 1 aromatic carbocycles. The highest BCUT2D eigenvalue weighted by atomic mass is 79.9. The van der Waals surface area contributed by atoms with E-state index in [0.29, 0.717) is 20.8 Å². The number of amides is 2. The molecular formula is C14H12BrClN2O3S. The molecule has 116 valence electrons. The van der Waals surface area contributed by atoms with E-state index in [1.807, 2.05) is 0 Å². The molecule has 8 heteroatoms. The second kappa shape index (κ2) is 6.36. The largest absolute Gasteiger partial charge is 0.494 e. The van der Waals surface area contributed by atoms with Gasteiger partial charge >= 0.3 is 0 Å². The Morgan fingerprint density at radius 3 is 2.23 bits per heavy atom. The molecule has 0 atom stereocenters. The molecule has 0 unspecified atom stereocenters. The van der Waals surface area contributed by atoms with Gasteiger partial charge in [-0.15, -0.1) is 0 Å². The Hall–Kier alpha value is -1.44. The summed E-state index contributed by atoms with van der Waals surface area (Å²) in [5.41, 5.74) is 0.621. The van der Waals surface area contributed by atoms with E-state index in [0.717, 1.165) is 0 Å². The molecule has 5 nitrogen and oxygen atoms in total. The first-order chi connectivity index (χ1) is 10.3. The SMILES string of the molecule is COc1c(Cl)cc(C=C2C(=O)N(C)C(=S)N(C)C2=O)cc1Br.